The second-order valence-electron chi connectivity index (χ2n) is 4.84. The lowest BCUT2D eigenvalue weighted by Crippen LogP contribution is -2.09. The molecule has 4 nitrogen and oxygen atoms in total. The van der Waals surface area contributed by atoms with Crippen molar-refractivity contribution in [3.05, 3.63) is 47.8 Å². The van der Waals surface area contributed by atoms with Gasteiger partial charge in [0, 0.05) is 12.6 Å². The normalized spacial score (nSPS) is 10.9. The molecule has 1 aromatic carbocycles. The lowest BCUT2D eigenvalue weighted by molar-refractivity contribution is 0.304. The molecule has 19 heavy (non-hydrogen) atoms. The molecule has 2 aromatic rings. The van der Waals surface area contributed by atoms with Crippen LogP contribution in [0.2, 0.25) is 0 Å². The maximum atomic E-state index is 5.80. The van der Waals surface area contributed by atoms with E-state index < -0.39 is 0 Å². The van der Waals surface area contributed by atoms with Crippen LogP contribution in [0.25, 0.3) is 0 Å². The fourth-order valence-electron chi connectivity index (χ4n) is 1.90. The van der Waals surface area contributed by atoms with Gasteiger partial charge in [-0.25, -0.2) is 0 Å². The highest BCUT2D eigenvalue weighted by atomic mass is 16.5. The van der Waals surface area contributed by atoms with Crippen LogP contribution < -0.4 is 10.1 Å². The minimum absolute atomic E-state index is 0.355. The molecule has 102 valence electrons. The van der Waals surface area contributed by atoms with Crippen LogP contribution >= 0.6 is 0 Å². The smallest absolute Gasteiger partial charge is 0.157 e. The maximum Gasteiger partial charge on any atom is 0.157 e. The Labute approximate surface area is 114 Å². The monoisotopic (exact) mass is 259 g/mol. The van der Waals surface area contributed by atoms with Crippen molar-refractivity contribution in [2.45, 2.75) is 33.0 Å². The summed E-state index contributed by atoms with van der Waals surface area (Å²) in [6.07, 6.45) is 3.70. The highest BCUT2D eigenvalue weighted by Crippen LogP contribution is 2.16. The maximum absolute atomic E-state index is 5.80. The Balaban J connectivity index is 2.01. The van der Waals surface area contributed by atoms with Gasteiger partial charge in [-0.2, -0.15) is 5.10 Å². The summed E-state index contributed by atoms with van der Waals surface area (Å²) in [5.74, 6) is 0.813. The number of aromatic nitrogens is 2. The summed E-state index contributed by atoms with van der Waals surface area (Å²) in [5.41, 5.74) is 2.47. The second-order valence-corrected chi connectivity index (χ2v) is 4.84. The number of nitrogens with one attached hydrogen (secondary N) is 1. The van der Waals surface area contributed by atoms with Crippen LogP contribution in [0.1, 0.15) is 31.0 Å². The molecule has 2 rings (SSSR count). The molecule has 0 atom stereocenters. The number of hydrogen-bond donors (Lipinski definition) is 1. The van der Waals surface area contributed by atoms with Crippen molar-refractivity contribution in [1.29, 1.82) is 0 Å². The number of hydrogen-bond acceptors (Lipinski definition) is 3. The summed E-state index contributed by atoms with van der Waals surface area (Å²) in [6, 6.07) is 8.66. The van der Waals surface area contributed by atoms with Gasteiger partial charge in [0.25, 0.3) is 0 Å². The highest BCUT2D eigenvalue weighted by molar-refractivity contribution is 5.27. The predicted octanol–water partition coefficient (Wildman–Crippen LogP) is 2.76. The van der Waals surface area contributed by atoms with Crippen LogP contribution in [0, 0.1) is 0 Å². The van der Waals surface area contributed by atoms with Gasteiger partial charge in [0.1, 0.15) is 6.61 Å². The number of ether oxygens (including phenoxy) is 1. The van der Waals surface area contributed by atoms with Crippen LogP contribution in [-0.2, 0) is 13.2 Å². The average Bonchev–Trinajstić information content (AvgIpc) is 2.87. The topological polar surface area (TPSA) is 39.1 Å². The third-order valence-corrected chi connectivity index (χ3v) is 2.99. The average molecular weight is 259 g/mol. The second kappa shape index (κ2) is 6.38. The standard InChI is InChI=1S/C15H21N3O/c1-12(2)18-10-15(9-17-18)19-11-14-7-5-4-6-13(14)8-16-3/h4-7,9-10,12,16H,8,11H2,1-3H3. The van der Waals surface area contributed by atoms with Gasteiger partial charge in [0.05, 0.1) is 12.4 Å². The fourth-order valence-corrected chi connectivity index (χ4v) is 1.90. The van der Waals surface area contributed by atoms with Crippen molar-refractivity contribution in [3.63, 3.8) is 0 Å². The summed E-state index contributed by atoms with van der Waals surface area (Å²) in [7, 11) is 1.95. The van der Waals surface area contributed by atoms with Gasteiger partial charge in [-0.15, -0.1) is 0 Å². The molecule has 0 fully saturated rings. The van der Waals surface area contributed by atoms with E-state index in [1.54, 1.807) is 6.20 Å². The molecule has 0 spiro atoms. The molecule has 1 heterocycles. The first-order chi connectivity index (χ1) is 9.20. The predicted molar refractivity (Wildman–Crippen MR) is 76.1 cm³/mol. The Morgan fingerprint density at radius 3 is 2.63 bits per heavy atom. The van der Waals surface area contributed by atoms with Crippen molar-refractivity contribution < 1.29 is 4.74 Å². The molecule has 4 heteroatoms. The van der Waals surface area contributed by atoms with Crippen molar-refractivity contribution in [3.8, 4) is 5.75 Å². The quantitative estimate of drug-likeness (QED) is 0.867. The lowest BCUT2D eigenvalue weighted by Gasteiger charge is -2.09. The van der Waals surface area contributed by atoms with Crippen LogP contribution in [-0.4, -0.2) is 16.8 Å². The zero-order valence-electron chi connectivity index (χ0n) is 11.8. The lowest BCUT2D eigenvalue weighted by atomic mass is 10.1. The van der Waals surface area contributed by atoms with Gasteiger partial charge in [0.15, 0.2) is 5.75 Å². The minimum atomic E-state index is 0.355. The molecule has 1 aromatic heterocycles. The van der Waals surface area contributed by atoms with Crippen molar-refractivity contribution >= 4 is 0 Å². The van der Waals surface area contributed by atoms with Crippen molar-refractivity contribution in [2.24, 2.45) is 0 Å². The summed E-state index contributed by atoms with van der Waals surface area (Å²) in [5, 5.41) is 7.44. The van der Waals surface area contributed by atoms with E-state index in [0.29, 0.717) is 12.6 Å². The van der Waals surface area contributed by atoms with E-state index in [1.165, 1.54) is 11.1 Å². The summed E-state index contributed by atoms with van der Waals surface area (Å²) in [6.45, 7) is 5.62. The molecular formula is C15H21N3O. The first kappa shape index (κ1) is 13.6. The molecular weight excluding hydrogens is 238 g/mol. The van der Waals surface area contributed by atoms with Crippen LogP contribution in [0.5, 0.6) is 5.75 Å². The third kappa shape index (κ3) is 3.58. The highest BCUT2D eigenvalue weighted by Gasteiger charge is 2.05. The fraction of sp³-hybridized carbons (Fsp3) is 0.400. The van der Waals surface area contributed by atoms with Crippen molar-refractivity contribution in [2.75, 3.05) is 7.05 Å². The van der Waals surface area contributed by atoms with Gasteiger partial charge >= 0.3 is 0 Å². The van der Waals surface area contributed by atoms with Crippen molar-refractivity contribution in [1.82, 2.24) is 15.1 Å². The zero-order chi connectivity index (χ0) is 13.7. The first-order valence-electron chi connectivity index (χ1n) is 6.59. The van der Waals surface area contributed by atoms with Gasteiger partial charge in [-0.1, -0.05) is 24.3 Å². The van der Waals surface area contributed by atoms with E-state index in [4.69, 9.17) is 4.74 Å². The Hall–Kier alpha value is -1.81. The Bertz CT molecular complexity index is 520. The van der Waals surface area contributed by atoms with Gasteiger partial charge < -0.3 is 10.1 Å². The number of nitrogens with zero attached hydrogens (tertiary/aromatic N) is 2. The number of rotatable bonds is 6. The molecule has 0 saturated carbocycles. The van der Waals surface area contributed by atoms with Gasteiger partial charge in [-0.3, -0.25) is 4.68 Å². The summed E-state index contributed by atoms with van der Waals surface area (Å²) < 4.78 is 7.70. The SMILES string of the molecule is CNCc1ccccc1COc1cnn(C(C)C)c1. The Morgan fingerprint density at radius 1 is 1.26 bits per heavy atom. The largest absolute Gasteiger partial charge is 0.486 e. The minimum Gasteiger partial charge on any atom is -0.486 e. The molecule has 0 aliphatic heterocycles. The van der Waals surface area contributed by atoms with Crippen LogP contribution in [0.3, 0.4) is 0 Å². The molecule has 1 N–H and O–H groups in total. The summed E-state index contributed by atoms with van der Waals surface area (Å²) in [4.78, 5) is 0. The van der Waals surface area contributed by atoms with E-state index in [9.17, 15) is 0 Å². The third-order valence-electron chi connectivity index (χ3n) is 2.99. The van der Waals surface area contributed by atoms with E-state index in [-0.39, 0.29) is 0 Å². The van der Waals surface area contributed by atoms with E-state index in [1.807, 2.05) is 30.1 Å². The number of benzene rings is 1. The molecule has 0 amide bonds. The Kier molecular flexibility index (Phi) is 4.58. The zero-order valence-corrected chi connectivity index (χ0v) is 11.8. The van der Waals surface area contributed by atoms with Crippen LogP contribution in [0.15, 0.2) is 36.7 Å². The Morgan fingerprint density at radius 2 is 2.00 bits per heavy atom. The van der Waals surface area contributed by atoms with Crippen LogP contribution in [0.4, 0.5) is 0 Å². The van der Waals surface area contributed by atoms with Gasteiger partial charge in [0.2, 0.25) is 0 Å². The van der Waals surface area contributed by atoms with E-state index in [0.717, 1.165) is 12.3 Å². The first-order valence-corrected chi connectivity index (χ1v) is 6.59. The molecule has 0 aliphatic carbocycles. The molecule has 0 bridgehead atoms. The van der Waals surface area contributed by atoms with E-state index in [2.05, 4.69) is 36.4 Å². The molecule has 0 radical (unpaired) electrons. The summed E-state index contributed by atoms with van der Waals surface area (Å²) >= 11 is 0. The molecule has 0 unspecified atom stereocenters. The van der Waals surface area contributed by atoms with E-state index >= 15 is 0 Å². The molecule has 0 aliphatic rings. The van der Waals surface area contributed by atoms with Gasteiger partial charge in [-0.05, 0) is 32.0 Å². The molecule has 0 saturated heterocycles.